The Bertz CT molecular complexity index is 602. The maximum Gasteiger partial charge on any atom is 0.210 e. The van der Waals surface area contributed by atoms with Crippen molar-refractivity contribution >= 4 is 6.41 Å². The maximum atomic E-state index is 11.6. The van der Waals surface area contributed by atoms with Gasteiger partial charge in [-0.1, -0.05) is 0 Å². The molecule has 6 nitrogen and oxygen atoms in total. The molecule has 1 aromatic rings. The molecule has 3 rings (SSSR count). The fourth-order valence-electron chi connectivity index (χ4n) is 3.94. The van der Waals surface area contributed by atoms with Crippen molar-refractivity contribution in [3.8, 4) is 11.5 Å². The Morgan fingerprint density at radius 3 is 2.73 bits per heavy atom. The third-order valence-corrected chi connectivity index (χ3v) is 5.31. The Kier molecular flexibility index (Phi) is 6.74. The van der Waals surface area contributed by atoms with E-state index in [0.29, 0.717) is 6.61 Å². The summed E-state index contributed by atoms with van der Waals surface area (Å²) in [7, 11) is 1.67. The fraction of sp³-hybridized carbons (Fsp3) is 0.650. The molecule has 0 saturated carbocycles. The summed E-state index contributed by atoms with van der Waals surface area (Å²) in [5.41, 5.74) is 2.47. The molecule has 0 N–H and O–H groups in total. The van der Waals surface area contributed by atoms with Crippen LogP contribution in [0.15, 0.2) is 12.1 Å². The lowest BCUT2D eigenvalue weighted by molar-refractivity contribution is -0.120. The number of rotatable bonds is 8. The summed E-state index contributed by atoms with van der Waals surface area (Å²) in [4.78, 5) is 16.0. The van der Waals surface area contributed by atoms with Gasteiger partial charge in [-0.15, -0.1) is 0 Å². The van der Waals surface area contributed by atoms with Crippen LogP contribution in [-0.4, -0.2) is 69.3 Å². The number of hydrogen-bond donors (Lipinski definition) is 0. The highest BCUT2D eigenvalue weighted by Gasteiger charge is 2.28. The van der Waals surface area contributed by atoms with Gasteiger partial charge in [0.15, 0.2) is 11.5 Å². The van der Waals surface area contributed by atoms with Crippen molar-refractivity contribution in [2.24, 2.45) is 0 Å². The van der Waals surface area contributed by atoms with E-state index in [1.807, 2.05) is 11.8 Å². The second-order valence-corrected chi connectivity index (χ2v) is 6.84. The first kappa shape index (κ1) is 19.0. The predicted molar refractivity (Wildman–Crippen MR) is 99.9 cm³/mol. The van der Waals surface area contributed by atoms with Crippen LogP contribution in [0.4, 0.5) is 0 Å². The molecule has 0 aromatic heterocycles. The molecule has 1 aromatic carbocycles. The number of ether oxygens (including phenoxy) is 3. The van der Waals surface area contributed by atoms with Gasteiger partial charge in [-0.3, -0.25) is 9.69 Å². The summed E-state index contributed by atoms with van der Waals surface area (Å²) in [6, 6.07) is 4.27. The number of hydrogen-bond acceptors (Lipinski definition) is 5. The van der Waals surface area contributed by atoms with E-state index in [1.54, 1.807) is 7.11 Å². The van der Waals surface area contributed by atoms with Gasteiger partial charge in [-0.2, -0.15) is 0 Å². The van der Waals surface area contributed by atoms with Crippen LogP contribution in [0.3, 0.4) is 0 Å². The highest BCUT2D eigenvalue weighted by Crippen LogP contribution is 2.39. The number of fused-ring (bicyclic) bond motifs is 1. The van der Waals surface area contributed by atoms with Crippen LogP contribution in [0.25, 0.3) is 0 Å². The number of morpholine rings is 1. The van der Waals surface area contributed by atoms with E-state index in [4.69, 9.17) is 14.2 Å². The van der Waals surface area contributed by atoms with Gasteiger partial charge < -0.3 is 19.1 Å². The largest absolute Gasteiger partial charge is 0.493 e. The van der Waals surface area contributed by atoms with Gasteiger partial charge in [0, 0.05) is 19.6 Å². The van der Waals surface area contributed by atoms with E-state index in [1.165, 1.54) is 11.1 Å². The zero-order valence-electron chi connectivity index (χ0n) is 15.9. The minimum atomic E-state index is 0.113. The molecule has 6 heteroatoms. The molecule has 0 radical (unpaired) electrons. The Labute approximate surface area is 156 Å². The first-order valence-corrected chi connectivity index (χ1v) is 9.61. The van der Waals surface area contributed by atoms with Crippen molar-refractivity contribution in [3.05, 3.63) is 23.3 Å². The van der Waals surface area contributed by atoms with Crippen molar-refractivity contribution in [1.29, 1.82) is 0 Å². The average molecular weight is 362 g/mol. The van der Waals surface area contributed by atoms with E-state index >= 15 is 0 Å². The van der Waals surface area contributed by atoms with E-state index in [-0.39, 0.29) is 6.04 Å². The molecule has 1 saturated heterocycles. The average Bonchev–Trinajstić information content (AvgIpc) is 2.68. The van der Waals surface area contributed by atoms with Gasteiger partial charge in [0.25, 0.3) is 0 Å². The van der Waals surface area contributed by atoms with Crippen LogP contribution < -0.4 is 9.47 Å². The summed E-state index contributed by atoms with van der Waals surface area (Å²) < 4.78 is 16.7. The molecule has 2 aliphatic rings. The lowest BCUT2D eigenvalue weighted by Crippen LogP contribution is -2.38. The van der Waals surface area contributed by atoms with Gasteiger partial charge >= 0.3 is 0 Å². The maximum absolute atomic E-state index is 11.6. The van der Waals surface area contributed by atoms with Gasteiger partial charge in [0.05, 0.1) is 33.0 Å². The number of nitrogens with zero attached hydrogens (tertiary/aromatic N) is 2. The molecule has 0 aliphatic carbocycles. The minimum Gasteiger partial charge on any atom is -0.493 e. The fourth-order valence-corrected chi connectivity index (χ4v) is 3.94. The predicted octanol–water partition coefficient (Wildman–Crippen LogP) is 2.26. The molecule has 2 heterocycles. The SMILES string of the molecule is CCOc1cc2c(cc1OC)CCN(C=O)[C@H]2CCCN1CCOCC1. The number of benzene rings is 1. The number of amides is 1. The van der Waals surface area contributed by atoms with Crippen LogP contribution in [0.1, 0.15) is 36.9 Å². The van der Waals surface area contributed by atoms with Gasteiger partial charge in [-0.05, 0) is 56.0 Å². The zero-order chi connectivity index (χ0) is 18.4. The molecule has 0 bridgehead atoms. The second kappa shape index (κ2) is 9.24. The molecular weight excluding hydrogens is 332 g/mol. The van der Waals surface area contributed by atoms with Crippen LogP contribution in [-0.2, 0) is 16.0 Å². The standard InChI is InChI=1S/C20H30N2O4/c1-3-26-20-14-17-16(13-19(20)24-2)6-8-22(15-23)18(17)5-4-7-21-9-11-25-12-10-21/h13-15,18H,3-12H2,1-2H3/t18-/m0/s1. The molecule has 0 spiro atoms. The van der Waals surface area contributed by atoms with Gasteiger partial charge in [0.2, 0.25) is 6.41 Å². The Balaban J connectivity index is 1.74. The number of methoxy groups -OCH3 is 1. The van der Waals surface area contributed by atoms with Gasteiger partial charge in [-0.25, -0.2) is 0 Å². The molecule has 26 heavy (non-hydrogen) atoms. The Hall–Kier alpha value is -1.79. The monoisotopic (exact) mass is 362 g/mol. The topological polar surface area (TPSA) is 51.2 Å². The normalized spacial score (nSPS) is 20.5. The lowest BCUT2D eigenvalue weighted by Gasteiger charge is -2.36. The first-order chi connectivity index (χ1) is 12.8. The molecule has 0 unspecified atom stereocenters. The number of carbonyl (C=O) groups excluding carboxylic acids is 1. The molecular formula is C20H30N2O4. The zero-order valence-corrected chi connectivity index (χ0v) is 15.9. The van der Waals surface area contributed by atoms with Crippen molar-refractivity contribution < 1.29 is 19.0 Å². The van der Waals surface area contributed by atoms with Crippen LogP contribution >= 0.6 is 0 Å². The summed E-state index contributed by atoms with van der Waals surface area (Å²) in [6.07, 6.45) is 3.87. The molecule has 1 amide bonds. The summed E-state index contributed by atoms with van der Waals surface area (Å²) in [5.74, 6) is 1.54. The van der Waals surface area contributed by atoms with E-state index < -0.39 is 0 Å². The van der Waals surface area contributed by atoms with Crippen LogP contribution in [0.2, 0.25) is 0 Å². The summed E-state index contributed by atoms with van der Waals surface area (Å²) in [6.45, 7) is 8.03. The van der Waals surface area contributed by atoms with E-state index in [0.717, 1.165) is 76.6 Å². The molecule has 2 aliphatic heterocycles. The molecule has 1 fully saturated rings. The highest BCUT2D eigenvalue weighted by atomic mass is 16.5. The number of carbonyl (C=O) groups is 1. The third kappa shape index (κ3) is 4.30. The second-order valence-electron chi connectivity index (χ2n) is 6.84. The van der Waals surface area contributed by atoms with Crippen LogP contribution in [0.5, 0.6) is 11.5 Å². The Morgan fingerprint density at radius 2 is 2.04 bits per heavy atom. The van der Waals surface area contributed by atoms with E-state index in [9.17, 15) is 4.79 Å². The van der Waals surface area contributed by atoms with Crippen molar-refractivity contribution in [3.63, 3.8) is 0 Å². The smallest absolute Gasteiger partial charge is 0.210 e. The minimum absolute atomic E-state index is 0.113. The summed E-state index contributed by atoms with van der Waals surface area (Å²) >= 11 is 0. The van der Waals surface area contributed by atoms with E-state index in [2.05, 4.69) is 17.0 Å². The van der Waals surface area contributed by atoms with Crippen molar-refractivity contribution in [2.45, 2.75) is 32.2 Å². The molecule has 144 valence electrons. The molecule has 1 atom stereocenters. The highest BCUT2D eigenvalue weighted by molar-refractivity contribution is 5.55. The lowest BCUT2D eigenvalue weighted by atomic mass is 9.89. The van der Waals surface area contributed by atoms with Crippen LogP contribution in [0, 0.1) is 0 Å². The quantitative estimate of drug-likeness (QED) is 0.664. The van der Waals surface area contributed by atoms with Crippen molar-refractivity contribution in [1.82, 2.24) is 9.80 Å². The third-order valence-electron chi connectivity index (χ3n) is 5.31. The summed E-state index contributed by atoms with van der Waals surface area (Å²) in [5, 5.41) is 0. The van der Waals surface area contributed by atoms with Gasteiger partial charge in [0.1, 0.15) is 0 Å². The van der Waals surface area contributed by atoms with Crippen molar-refractivity contribution in [2.75, 3.05) is 53.1 Å². The first-order valence-electron chi connectivity index (χ1n) is 9.61. The Morgan fingerprint density at radius 1 is 1.23 bits per heavy atom.